The molecule has 2 aromatic carbocycles. The van der Waals surface area contributed by atoms with Crippen LogP contribution in [0.2, 0.25) is 10.0 Å². The van der Waals surface area contributed by atoms with Gasteiger partial charge in [0, 0.05) is 5.56 Å². The average Bonchev–Trinajstić information content (AvgIpc) is 3.19. The molecule has 1 atom stereocenters. The molecule has 0 saturated heterocycles. The zero-order chi connectivity index (χ0) is 19.0. The van der Waals surface area contributed by atoms with Crippen molar-refractivity contribution in [1.82, 2.24) is 14.8 Å². The minimum absolute atomic E-state index is 0.112. The van der Waals surface area contributed by atoms with Crippen LogP contribution in [0.3, 0.4) is 0 Å². The molecule has 0 radical (unpaired) electrons. The molecule has 3 aromatic rings. The lowest BCUT2D eigenvalue weighted by molar-refractivity contribution is -0.123. The lowest BCUT2D eigenvalue weighted by Gasteiger charge is -2.11. The third-order valence-electron chi connectivity index (χ3n) is 4.10. The summed E-state index contributed by atoms with van der Waals surface area (Å²) < 4.78 is 1.43. The Labute approximate surface area is 164 Å². The Bertz CT molecular complexity index is 1040. The van der Waals surface area contributed by atoms with E-state index < -0.39 is 6.04 Å². The Morgan fingerprint density at radius 2 is 1.93 bits per heavy atom. The third-order valence-corrected chi connectivity index (χ3v) is 4.92. The van der Waals surface area contributed by atoms with Gasteiger partial charge in [0.1, 0.15) is 6.04 Å². The van der Waals surface area contributed by atoms with Crippen LogP contribution in [0.5, 0.6) is 0 Å². The van der Waals surface area contributed by atoms with Gasteiger partial charge in [-0.1, -0.05) is 59.6 Å². The predicted molar refractivity (Wildman–Crippen MR) is 103 cm³/mol. The number of rotatable bonds is 4. The molecule has 27 heavy (non-hydrogen) atoms. The van der Waals surface area contributed by atoms with E-state index in [-0.39, 0.29) is 23.3 Å². The van der Waals surface area contributed by atoms with Crippen LogP contribution in [-0.4, -0.2) is 26.6 Å². The molecule has 7 nitrogen and oxygen atoms in total. The number of carbonyl (C=O) groups excluding carboxylic acids is 2. The second kappa shape index (κ2) is 7.02. The topological polar surface area (TPSA) is 88.9 Å². The van der Waals surface area contributed by atoms with Gasteiger partial charge < -0.3 is 5.32 Å². The van der Waals surface area contributed by atoms with E-state index in [2.05, 4.69) is 20.7 Å². The lowest BCUT2D eigenvalue weighted by Crippen LogP contribution is -2.23. The van der Waals surface area contributed by atoms with Crippen molar-refractivity contribution in [3.05, 3.63) is 58.6 Å². The number of aromatic nitrogens is 3. The highest BCUT2D eigenvalue weighted by Gasteiger charge is 2.35. The van der Waals surface area contributed by atoms with Gasteiger partial charge in [-0.15, -0.1) is 5.10 Å². The number of nitrogens with zero attached hydrogens (tertiary/aromatic N) is 3. The number of fused-ring (bicyclic) bond motifs is 1. The van der Waals surface area contributed by atoms with Crippen LogP contribution in [-0.2, 0) is 9.59 Å². The van der Waals surface area contributed by atoms with Gasteiger partial charge in [-0.2, -0.15) is 4.98 Å². The Morgan fingerprint density at radius 3 is 2.70 bits per heavy atom. The molecular formula is C18H13Cl2N5O2. The van der Waals surface area contributed by atoms with Crippen molar-refractivity contribution < 1.29 is 9.59 Å². The summed E-state index contributed by atoms with van der Waals surface area (Å²) in [5.74, 6) is 0.0761. The maximum absolute atomic E-state index is 12.4. The van der Waals surface area contributed by atoms with Gasteiger partial charge in [-0.05, 0) is 12.1 Å². The molecule has 2 N–H and O–H groups in total. The zero-order valence-corrected chi connectivity index (χ0v) is 15.3. The van der Waals surface area contributed by atoms with Crippen molar-refractivity contribution in [2.75, 3.05) is 10.6 Å². The summed E-state index contributed by atoms with van der Waals surface area (Å²) in [4.78, 5) is 28.9. The lowest BCUT2D eigenvalue weighted by atomic mass is 10.2. The summed E-state index contributed by atoms with van der Waals surface area (Å²) in [6.07, 6.45) is -0.112. The predicted octanol–water partition coefficient (Wildman–Crippen LogP) is 3.77. The zero-order valence-electron chi connectivity index (χ0n) is 13.8. The number of anilines is 2. The van der Waals surface area contributed by atoms with Gasteiger partial charge in [0.25, 0.3) is 5.91 Å². The second-order valence-electron chi connectivity index (χ2n) is 5.93. The molecule has 1 aliphatic rings. The maximum Gasteiger partial charge on any atom is 0.252 e. The van der Waals surface area contributed by atoms with Crippen molar-refractivity contribution in [1.29, 1.82) is 0 Å². The highest BCUT2D eigenvalue weighted by Crippen LogP contribution is 2.31. The smallest absolute Gasteiger partial charge is 0.252 e. The van der Waals surface area contributed by atoms with Crippen LogP contribution >= 0.6 is 23.2 Å². The molecule has 0 saturated carbocycles. The SMILES string of the molecule is O=C(C[C@H]1C(=O)Nc2nc(-c3ccccc3)nn21)Nc1cccc(Cl)c1Cl. The van der Waals surface area contributed by atoms with Crippen LogP contribution in [0, 0.1) is 0 Å². The first-order valence-electron chi connectivity index (χ1n) is 8.09. The number of halogens is 2. The first-order chi connectivity index (χ1) is 13.0. The summed E-state index contributed by atoms with van der Waals surface area (Å²) in [7, 11) is 0. The number of hydrogen-bond acceptors (Lipinski definition) is 4. The van der Waals surface area contributed by atoms with Crippen LogP contribution < -0.4 is 10.6 Å². The van der Waals surface area contributed by atoms with E-state index >= 15 is 0 Å². The Kier molecular flexibility index (Phi) is 4.55. The van der Waals surface area contributed by atoms with Crippen LogP contribution in [0.25, 0.3) is 11.4 Å². The first-order valence-corrected chi connectivity index (χ1v) is 8.85. The molecule has 2 heterocycles. The van der Waals surface area contributed by atoms with Crippen molar-refractivity contribution >= 4 is 46.7 Å². The van der Waals surface area contributed by atoms with E-state index in [1.165, 1.54) is 4.68 Å². The molecule has 2 amide bonds. The minimum atomic E-state index is -0.789. The summed E-state index contributed by atoms with van der Waals surface area (Å²) in [5, 5.41) is 10.3. The third kappa shape index (κ3) is 3.39. The normalized spacial score (nSPS) is 15.3. The van der Waals surface area contributed by atoms with Gasteiger partial charge in [-0.3, -0.25) is 14.9 Å². The monoisotopic (exact) mass is 401 g/mol. The largest absolute Gasteiger partial charge is 0.325 e. The molecule has 1 aromatic heterocycles. The standard InChI is InChI=1S/C18H13Cl2N5O2/c19-11-7-4-8-12(15(11)20)21-14(26)9-13-17(27)23-18-22-16(24-25(13)18)10-5-2-1-3-6-10/h1-8,13H,9H2,(H,21,26)(H,22,23,24,27)/t13-/m0/s1. The molecule has 0 bridgehead atoms. The van der Waals surface area contributed by atoms with Crippen LogP contribution in [0.4, 0.5) is 11.6 Å². The fourth-order valence-corrected chi connectivity index (χ4v) is 3.14. The summed E-state index contributed by atoms with van der Waals surface area (Å²) >= 11 is 12.0. The minimum Gasteiger partial charge on any atom is -0.325 e. The molecule has 4 rings (SSSR count). The van der Waals surface area contributed by atoms with Gasteiger partial charge in [-0.25, -0.2) is 4.68 Å². The van der Waals surface area contributed by atoms with Gasteiger partial charge >= 0.3 is 0 Å². The highest BCUT2D eigenvalue weighted by molar-refractivity contribution is 6.44. The maximum atomic E-state index is 12.4. The number of carbonyl (C=O) groups is 2. The van der Waals surface area contributed by atoms with Crippen LogP contribution in [0.1, 0.15) is 12.5 Å². The fraction of sp³-hybridized carbons (Fsp3) is 0.111. The van der Waals surface area contributed by atoms with Gasteiger partial charge in [0.15, 0.2) is 5.82 Å². The van der Waals surface area contributed by atoms with E-state index in [9.17, 15) is 9.59 Å². The number of nitrogens with one attached hydrogen (secondary N) is 2. The number of amides is 2. The van der Waals surface area contributed by atoms with E-state index in [1.54, 1.807) is 18.2 Å². The molecule has 9 heteroatoms. The Balaban J connectivity index is 1.53. The summed E-state index contributed by atoms with van der Waals surface area (Å²) in [6.45, 7) is 0. The fourth-order valence-electron chi connectivity index (χ4n) is 2.80. The summed E-state index contributed by atoms with van der Waals surface area (Å²) in [5.41, 5.74) is 1.21. The van der Waals surface area contributed by atoms with Gasteiger partial charge in [0.05, 0.1) is 22.2 Å². The number of benzene rings is 2. The second-order valence-corrected chi connectivity index (χ2v) is 6.71. The Hall–Kier alpha value is -2.90. The van der Waals surface area contributed by atoms with Crippen LogP contribution in [0.15, 0.2) is 48.5 Å². The van der Waals surface area contributed by atoms with E-state index in [0.717, 1.165) is 5.56 Å². The van der Waals surface area contributed by atoms with Gasteiger partial charge in [0.2, 0.25) is 11.9 Å². The molecule has 136 valence electrons. The first kappa shape index (κ1) is 17.5. The quantitative estimate of drug-likeness (QED) is 0.695. The van der Waals surface area contributed by atoms with E-state index in [4.69, 9.17) is 23.2 Å². The summed E-state index contributed by atoms with van der Waals surface area (Å²) in [6, 6.07) is 13.5. The van der Waals surface area contributed by atoms with E-state index in [1.807, 2.05) is 30.3 Å². The Morgan fingerprint density at radius 1 is 1.15 bits per heavy atom. The average molecular weight is 402 g/mol. The van der Waals surface area contributed by atoms with Crippen molar-refractivity contribution in [2.45, 2.75) is 12.5 Å². The molecule has 0 aliphatic carbocycles. The van der Waals surface area contributed by atoms with Crippen molar-refractivity contribution in [3.8, 4) is 11.4 Å². The van der Waals surface area contributed by atoms with Crippen molar-refractivity contribution in [2.24, 2.45) is 0 Å². The molecule has 0 spiro atoms. The number of hydrogen-bond donors (Lipinski definition) is 2. The van der Waals surface area contributed by atoms with Crippen molar-refractivity contribution in [3.63, 3.8) is 0 Å². The molecule has 0 fully saturated rings. The molecule has 0 unspecified atom stereocenters. The molecule has 1 aliphatic heterocycles. The molecular weight excluding hydrogens is 389 g/mol. The van der Waals surface area contributed by atoms with E-state index in [0.29, 0.717) is 22.5 Å². The highest BCUT2D eigenvalue weighted by atomic mass is 35.5.